The molecule has 4 heteroatoms. The fourth-order valence-corrected chi connectivity index (χ4v) is 9.23. The summed E-state index contributed by atoms with van der Waals surface area (Å²) in [5, 5.41) is 7.86. The molecule has 0 aliphatic heterocycles. The van der Waals surface area contributed by atoms with Gasteiger partial charge in [0, 0.05) is 0 Å². The molecule has 0 aliphatic rings. The van der Waals surface area contributed by atoms with Crippen molar-refractivity contribution in [3.05, 3.63) is 152 Å². The van der Waals surface area contributed by atoms with Crippen LogP contribution in [0.15, 0.2) is 152 Å². The maximum atomic E-state index is 5.09. The van der Waals surface area contributed by atoms with Crippen molar-refractivity contribution >= 4 is 55.3 Å². The van der Waals surface area contributed by atoms with Crippen LogP contribution in [-0.4, -0.2) is 29.5 Å². The minimum atomic E-state index is 0.126. The first-order valence-electron chi connectivity index (χ1n) is 15.0. The summed E-state index contributed by atoms with van der Waals surface area (Å²) in [6, 6.07) is 53.6. The van der Waals surface area contributed by atoms with E-state index in [9.17, 15) is 0 Å². The van der Waals surface area contributed by atoms with Crippen LogP contribution in [0.3, 0.4) is 0 Å². The van der Waals surface area contributed by atoms with Crippen molar-refractivity contribution in [3.63, 3.8) is 0 Å². The summed E-state index contributed by atoms with van der Waals surface area (Å²) in [7, 11) is 0. The van der Waals surface area contributed by atoms with Crippen LogP contribution in [0.2, 0.25) is 0 Å². The summed E-state index contributed by atoms with van der Waals surface area (Å²) < 4.78 is 2.86. The standard InChI is InChI=1S/C41H25N3Se/c1-4-12-26(13-5-1)34-24-31(41-43-39(29-15-6-2-7-16-29)42-40(44-41)30-17-8-3-9-18-30)25-35-33-23-22-28-21-20-27-14-10-11-19-32(27)36(28)38(33)45-37(34)35/h1-25H. The van der Waals surface area contributed by atoms with Crippen molar-refractivity contribution in [3.8, 4) is 45.3 Å². The topological polar surface area (TPSA) is 38.7 Å². The van der Waals surface area contributed by atoms with E-state index in [1.807, 2.05) is 36.4 Å². The molecule has 0 atom stereocenters. The number of aromatic nitrogens is 3. The van der Waals surface area contributed by atoms with Crippen LogP contribution < -0.4 is 0 Å². The van der Waals surface area contributed by atoms with Crippen LogP contribution in [0, 0.1) is 0 Å². The Kier molecular flexibility index (Phi) is 6.15. The molecule has 3 nitrogen and oxygen atoms in total. The van der Waals surface area contributed by atoms with E-state index >= 15 is 0 Å². The third kappa shape index (κ3) is 4.46. The predicted octanol–water partition coefficient (Wildman–Crippen LogP) is 10.2. The number of benzene rings is 7. The molecule has 0 bridgehead atoms. The molecule has 0 saturated carbocycles. The van der Waals surface area contributed by atoms with Gasteiger partial charge >= 0.3 is 267 Å². The summed E-state index contributed by atoms with van der Waals surface area (Å²) in [6.07, 6.45) is 0. The molecular weight excluding hydrogens is 613 g/mol. The summed E-state index contributed by atoms with van der Waals surface area (Å²) in [5.74, 6) is 2.02. The van der Waals surface area contributed by atoms with Crippen molar-refractivity contribution in [2.75, 3.05) is 0 Å². The molecule has 210 valence electrons. The van der Waals surface area contributed by atoms with Crippen LogP contribution >= 0.6 is 0 Å². The summed E-state index contributed by atoms with van der Waals surface area (Å²) in [5.41, 5.74) is 5.38. The zero-order valence-electron chi connectivity index (χ0n) is 24.2. The summed E-state index contributed by atoms with van der Waals surface area (Å²) in [6.45, 7) is 0. The van der Waals surface area contributed by atoms with Gasteiger partial charge in [-0.3, -0.25) is 0 Å². The van der Waals surface area contributed by atoms with Gasteiger partial charge in [0.15, 0.2) is 0 Å². The first kappa shape index (κ1) is 26.0. The van der Waals surface area contributed by atoms with Gasteiger partial charge in [0.2, 0.25) is 0 Å². The van der Waals surface area contributed by atoms with E-state index in [1.54, 1.807) is 0 Å². The van der Waals surface area contributed by atoms with E-state index in [1.165, 1.54) is 52.0 Å². The molecule has 9 rings (SSSR count). The molecule has 0 N–H and O–H groups in total. The van der Waals surface area contributed by atoms with E-state index in [0.717, 1.165) is 16.7 Å². The van der Waals surface area contributed by atoms with E-state index in [4.69, 9.17) is 15.0 Å². The van der Waals surface area contributed by atoms with Gasteiger partial charge in [-0.25, -0.2) is 0 Å². The van der Waals surface area contributed by atoms with Crippen LogP contribution in [0.5, 0.6) is 0 Å². The second-order valence-electron chi connectivity index (χ2n) is 11.2. The molecule has 0 aliphatic carbocycles. The molecule has 9 aromatic rings. The van der Waals surface area contributed by atoms with Crippen molar-refractivity contribution in [2.45, 2.75) is 0 Å². The number of hydrogen-bond acceptors (Lipinski definition) is 3. The second-order valence-corrected chi connectivity index (χ2v) is 13.4. The normalized spacial score (nSPS) is 11.6. The summed E-state index contributed by atoms with van der Waals surface area (Å²) >= 11 is 0.126. The van der Waals surface area contributed by atoms with Gasteiger partial charge in [-0.05, 0) is 0 Å². The van der Waals surface area contributed by atoms with E-state index < -0.39 is 0 Å². The number of rotatable bonds is 4. The molecule has 45 heavy (non-hydrogen) atoms. The molecule has 0 radical (unpaired) electrons. The monoisotopic (exact) mass is 639 g/mol. The Labute approximate surface area is 266 Å². The Morgan fingerprint density at radius 1 is 0.356 bits per heavy atom. The van der Waals surface area contributed by atoms with Crippen LogP contribution in [0.4, 0.5) is 0 Å². The van der Waals surface area contributed by atoms with Gasteiger partial charge in [-0.1, -0.05) is 0 Å². The first-order chi connectivity index (χ1) is 22.3. The second kappa shape index (κ2) is 10.6. The molecule has 0 spiro atoms. The Morgan fingerprint density at radius 3 is 1.56 bits per heavy atom. The third-order valence-corrected chi connectivity index (χ3v) is 11.2. The molecule has 0 saturated heterocycles. The van der Waals surface area contributed by atoms with Gasteiger partial charge < -0.3 is 0 Å². The van der Waals surface area contributed by atoms with Crippen molar-refractivity contribution in [2.24, 2.45) is 0 Å². The quantitative estimate of drug-likeness (QED) is 0.142. The van der Waals surface area contributed by atoms with Crippen LogP contribution in [0.25, 0.3) is 86.1 Å². The molecule has 0 fully saturated rings. The molecule has 2 aromatic heterocycles. The Bertz CT molecular complexity index is 2460. The third-order valence-electron chi connectivity index (χ3n) is 8.49. The van der Waals surface area contributed by atoms with Crippen molar-refractivity contribution in [1.29, 1.82) is 0 Å². The van der Waals surface area contributed by atoms with E-state index in [2.05, 4.69) is 115 Å². The zero-order valence-corrected chi connectivity index (χ0v) is 25.9. The number of nitrogens with zero attached hydrogens (tertiary/aromatic N) is 3. The van der Waals surface area contributed by atoms with Crippen LogP contribution in [-0.2, 0) is 0 Å². The van der Waals surface area contributed by atoms with Gasteiger partial charge in [0.1, 0.15) is 0 Å². The van der Waals surface area contributed by atoms with Gasteiger partial charge in [0.25, 0.3) is 0 Å². The summed E-state index contributed by atoms with van der Waals surface area (Å²) in [4.78, 5) is 15.1. The van der Waals surface area contributed by atoms with Gasteiger partial charge in [0.05, 0.1) is 0 Å². The Hall–Kier alpha value is -5.41. The van der Waals surface area contributed by atoms with Crippen LogP contribution in [0.1, 0.15) is 0 Å². The zero-order chi connectivity index (χ0) is 29.7. The molecule has 0 amide bonds. The van der Waals surface area contributed by atoms with E-state index in [0.29, 0.717) is 17.5 Å². The van der Waals surface area contributed by atoms with Crippen molar-refractivity contribution < 1.29 is 0 Å². The van der Waals surface area contributed by atoms with E-state index in [-0.39, 0.29) is 14.5 Å². The Balaban J connectivity index is 1.37. The SMILES string of the molecule is c1ccc(-c2nc(-c3ccccc3)nc(-c3cc(-c4ccccc4)c4[se]c5c(ccc6ccc7ccccc7c65)c4c3)n2)cc1. The fraction of sp³-hybridized carbons (Fsp3) is 0. The Morgan fingerprint density at radius 2 is 0.889 bits per heavy atom. The van der Waals surface area contributed by atoms with Gasteiger partial charge in [-0.2, -0.15) is 0 Å². The first-order valence-corrected chi connectivity index (χ1v) is 16.7. The molecule has 7 aromatic carbocycles. The average Bonchev–Trinajstić information content (AvgIpc) is 3.51. The predicted molar refractivity (Wildman–Crippen MR) is 189 cm³/mol. The van der Waals surface area contributed by atoms with Gasteiger partial charge in [-0.15, -0.1) is 0 Å². The molecule has 0 unspecified atom stereocenters. The fourth-order valence-electron chi connectivity index (χ4n) is 6.32. The average molecular weight is 639 g/mol. The molecule has 2 heterocycles. The number of fused-ring (bicyclic) bond motifs is 7. The number of hydrogen-bond donors (Lipinski definition) is 0. The minimum absolute atomic E-state index is 0.126. The van der Waals surface area contributed by atoms with Crippen molar-refractivity contribution in [1.82, 2.24) is 15.0 Å². The molecular formula is C41H25N3Se. The maximum absolute atomic E-state index is 5.09.